The van der Waals surface area contributed by atoms with Gasteiger partial charge in [-0.15, -0.1) is 0 Å². The molecule has 10 atom stereocenters. The number of benzene rings is 2. The maximum Gasteiger partial charge on any atom is 0.204 e. The van der Waals surface area contributed by atoms with E-state index >= 15 is 0 Å². The summed E-state index contributed by atoms with van der Waals surface area (Å²) in [7, 11) is 0. The summed E-state index contributed by atoms with van der Waals surface area (Å²) in [5, 5.41) is 112. The number of phenolic OH excluding ortho intramolecular Hbond substituents is 3. The Morgan fingerprint density at radius 1 is 0.786 bits per heavy atom. The highest BCUT2D eigenvalue weighted by Gasteiger charge is 2.47. The molecule has 0 saturated carbocycles. The number of rotatable bonds is 5. The number of hydrogen-bond acceptors (Lipinski definition) is 16. The first kappa shape index (κ1) is 29.9. The van der Waals surface area contributed by atoms with Crippen LogP contribution in [0.4, 0.5) is 0 Å². The molecular formula is C26H28O16. The summed E-state index contributed by atoms with van der Waals surface area (Å²) in [6, 6.07) is 5.95. The normalized spacial score (nSPS) is 33.5. The van der Waals surface area contributed by atoms with E-state index in [0.29, 0.717) is 0 Å². The molecule has 2 fully saturated rings. The minimum Gasteiger partial charge on any atom is -0.508 e. The van der Waals surface area contributed by atoms with Crippen LogP contribution in [0.3, 0.4) is 0 Å². The van der Waals surface area contributed by atoms with E-state index in [0.717, 1.165) is 6.07 Å². The lowest BCUT2D eigenvalue weighted by Gasteiger charge is -2.39. The summed E-state index contributed by atoms with van der Waals surface area (Å²) in [6.45, 7) is -0.767. The second-order valence-electron chi connectivity index (χ2n) is 9.90. The first-order valence-corrected chi connectivity index (χ1v) is 12.6. The Morgan fingerprint density at radius 2 is 1.45 bits per heavy atom. The van der Waals surface area contributed by atoms with Crippen molar-refractivity contribution in [2.75, 3.05) is 6.61 Å². The predicted octanol–water partition coefficient (Wildman–Crippen LogP) is -2.77. The van der Waals surface area contributed by atoms with Crippen LogP contribution in [0.25, 0.3) is 22.3 Å². The summed E-state index contributed by atoms with van der Waals surface area (Å²) in [5.74, 6) is -3.28. The van der Waals surface area contributed by atoms with Crippen molar-refractivity contribution in [1.82, 2.24) is 0 Å². The van der Waals surface area contributed by atoms with Crippen molar-refractivity contribution in [2.45, 2.75) is 61.4 Å². The van der Waals surface area contributed by atoms with Crippen LogP contribution >= 0.6 is 0 Å². The second kappa shape index (κ2) is 11.3. The Labute approximate surface area is 234 Å². The predicted molar refractivity (Wildman–Crippen MR) is 135 cm³/mol. The van der Waals surface area contributed by atoms with Crippen molar-refractivity contribution in [3.63, 3.8) is 0 Å². The molecule has 2 aromatic carbocycles. The molecule has 0 amide bonds. The highest BCUT2D eigenvalue weighted by molar-refractivity contribution is 5.90. The number of fused-ring (bicyclic) bond motifs is 1. The number of aliphatic hydroxyl groups is 8. The lowest BCUT2D eigenvalue weighted by molar-refractivity contribution is -0.284. The molecule has 5 rings (SSSR count). The number of aliphatic hydroxyl groups excluding tert-OH is 8. The van der Waals surface area contributed by atoms with Gasteiger partial charge in [-0.3, -0.25) is 4.79 Å². The van der Waals surface area contributed by atoms with Gasteiger partial charge in [-0.25, -0.2) is 0 Å². The van der Waals surface area contributed by atoms with Crippen LogP contribution in [-0.2, 0) is 9.47 Å². The highest BCUT2D eigenvalue weighted by atomic mass is 16.7. The Kier molecular flexibility index (Phi) is 8.03. The molecule has 3 unspecified atom stereocenters. The van der Waals surface area contributed by atoms with E-state index in [1.165, 1.54) is 24.3 Å². The fourth-order valence-electron chi connectivity index (χ4n) is 4.95. The monoisotopic (exact) mass is 596 g/mol. The fourth-order valence-corrected chi connectivity index (χ4v) is 4.95. The number of phenols is 3. The standard InChI is InChI=1S/C26H28O16/c27-6-11-14(30)18(34)24(26(38)40-11)41-22-9(29)5-10-12(16(22)32)15(31)13(21(39-10)7-1-3-8(28)4-2-7)23-19(35)17(33)20(36)25(37)42-23/h1-5,11,14,17-20,23-30,32-38H,6H2/t11-,14-,17+,18+,19+,20-,23?,24-,25?,26?/m1/s1. The molecule has 3 heterocycles. The first-order chi connectivity index (χ1) is 19.8. The maximum absolute atomic E-state index is 14.0. The molecule has 0 bridgehead atoms. The maximum atomic E-state index is 14.0. The molecule has 3 aromatic rings. The molecular weight excluding hydrogens is 568 g/mol. The second-order valence-corrected chi connectivity index (χ2v) is 9.90. The third kappa shape index (κ3) is 4.92. The van der Waals surface area contributed by atoms with Gasteiger partial charge < -0.3 is 74.8 Å². The SMILES string of the molecule is O=c1c(C2OC(O)[C@H](O)[C@@H](O)[C@@H]2O)c(-c2ccc(O)cc2)oc2cc(O)c(O[C@H]3C(O)O[C@H](CO)[C@@H](O)[C@@H]3O)c(O)c12. The Hall–Kier alpha value is -3.55. The van der Waals surface area contributed by atoms with Crippen LogP contribution < -0.4 is 10.2 Å². The zero-order chi connectivity index (χ0) is 30.6. The van der Waals surface area contributed by atoms with Crippen LogP contribution in [0, 0.1) is 0 Å². The van der Waals surface area contributed by atoms with Crippen LogP contribution in [0.15, 0.2) is 39.5 Å². The topological polar surface area (TPSA) is 280 Å². The van der Waals surface area contributed by atoms with Gasteiger partial charge in [0.15, 0.2) is 30.2 Å². The number of ether oxygens (including phenoxy) is 3. The zero-order valence-corrected chi connectivity index (χ0v) is 21.3. The summed E-state index contributed by atoms with van der Waals surface area (Å²) in [5.41, 5.74) is -2.00. The molecule has 42 heavy (non-hydrogen) atoms. The van der Waals surface area contributed by atoms with Gasteiger partial charge in [0, 0.05) is 11.6 Å². The van der Waals surface area contributed by atoms with Gasteiger partial charge in [0.05, 0.1) is 12.2 Å². The Morgan fingerprint density at radius 3 is 2.10 bits per heavy atom. The smallest absolute Gasteiger partial charge is 0.204 e. The molecule has 16 heteroatoms. The largest absolute Gasteiger partial charge is 0.508 e. The van der Waals surface area contributed by atoms with Crippen LogP contribution in [0.2, 0.25) is 0 Å². The summed E-state index contributed by atoms with van der Waals surface area (Å²) in [6.07, 6.45) is -18.7. The fraction of sp³-hybridized carbons (Fsp3) is 0.423. The average Bonchev–Trinajstić information content (AvgIpc) is 2.95. The van der Waals surface area contributed by atoms with Gasteiger partial charge >= 0.3 is 0 Å². The first-order valence-electron chi connectivity index (χ1n) is 12.6. The molecule has 0 spiro atoms. The minimum atomic E-state index is -2.06. The van der Waals surface area contributed by atoms with E-state index < -0.39 is 107 Å². The summed E-state index contributed by atoms with van der Waals surface area (Å²) in [4.78, 5) is 14.0. The molecule has 11 N–H and O–H groups in total. The average molecular weight is 596 g/mol. The van der Waals surface area contributed by atoms with Crippen molar-refractivity contribution in [2.24, 2.45) is 0 Å². The molecule has 2 aliphatic rings. The van der Waals surface area contributed by atoms with E-state index in [1.54, 1.807) is 0 Å². The van der Waals surface area contributed by atoms with Crippen molar-refractivity contribution in [1.29, 1.82) is 0 Å². The number of aromatic hydroxyl groups is 3. The van der Waals surface area contributed by atoms with E-state index in [9.17, 15) is 61.0 Å². The minimum absolute atomic E-state index is 0.116. The highest BCUT2D eigenvalue weighted by Crippen LogP contribution is 2.45. The summed E-state index contributed by atoms with van der Waals surface area (Å²) < 4.78 is 21.5. The van der Waals surface area contributed by atoms with Gasteiger partial charge in [0.2, 0.25) is 11.2 Å². The van der Waals surface area contributed by atoms with Crippen LogP contribution in [0.5, 0.6) is 23.0 Å². The van der Waals surface area contributed by atoms with Gasteiger partial charge in [-0.2, -0.15) is 0 Å². The molecule has 1 aromatic heterocycles. The van der Waals surface area contributed by atoms with Crippen molar-refractivity contribution < 1.29 is 74.8 Å². The quantitative estimate of drug-likeness (QED) is 0.142. The molecule has 16 nitrogen and oxygen atoms in total. The van der Waals surface area contributed by atoms with Crippen LogP contribution in [0.1, 0.15) is 11.7 Å². The molecule has 2 saturated heterocycles. The Bertz CT molecular complexity index is 1510. The molecule has 0 radical (unpaired) electrons. The zero-order valence-electron chi connectivity index (χ0n) is 21.3. The van der Waals surface area contributed by atoms with Crippen molar-refractivity contribution in [3.05, 3.63) is 46.1 Å². The molecule has 0 aliphatic carbocycles. The Balaban J connectivity index is 1.69. The summed E-state index contributed by atoms with van der Waals surface area (Å²) >= 11 is 0. The lowest BCUT2D eigenvalue weighted by atomic mass is 9.90. The molecule has 2 aliphatic heterocycles. The third-order valence-electron chi connectivity index (χ3n) is 7.23. The van der Waals surface area contributed by atoms with Gasteiger partial charge in [-0.05, 0) is 24.3 Å². The van der Waals surface area contributed by atoms with Gasteiger partial charge in [0.1, 0.15) is 65.2 Å². The van der Waals surface area contributed by atoms with E-state index in [2.05, 4.69) is 0 Å². The van der Waals surface area contributed by atoms with E-state index in [1.807, 2.05) is 0 Å². The van der Waals surface area contributed by atoms with Crippen molar-refractivity contribution >= 4 is 11.0 Å². The van der Waals surface area contributed by atoms with Crippen molar-refractivity contribution in [3.8, 4) is 34.3 Å². The number of hydrogen-bond donors (Lipinski definition) is 11. The lowest BCUT2D eigenvalue weighted by Crippen LogP contribution is -2.60. The van der Waals surface area contributed by atoms with Crippen LogP contribution in [-0.4, -0.2) is 118 Å². The van der Waals surface area contributed by atoms with E-state index in [-0.39, 0.29) is 17.1 Å². The van der Waals surface area contributed by atoms with E-state index in [4.69, 9.17) is 18.6 Å². The van der Waals surface area contributed by atoms with Gasteiger partial charge in [0.25, 0.3) is 0 Å². The molecule has 228 valence electrons. The third-order valence-corrected chi connectivity index (χ3v) is 7.23. The van der Waals surface area contributed by atoms with Gasteiger partial charge in [-0.1, -0.05) is 0 Å².